The minimum Gasteiger partial charge on any atom is -0.448 e. The number of furan rings is 1. The van der Waals surface area contributed by atoms with Crippen LogP contribution in [0.2, 0.25) is 0 Å². The molecule has 7 heteroatoms. The molecule has 0 saturated heterocycles. The van der Waals surface area contributed by atoms with Crippen molar-refractivity contribution in [3.05, 3.63) is 63.3 Å². The van der Waals surface area contributed by atoms with Gasteiger partial charge in [0.25, 0.3) is 5.56 Å². The number of benzene rings is 1. The number of rotatable bonds is 4. The van der Waals surface area contributed by atoms with E-state index in [9.17, 15) is 9.59 Å². The molecule has 25 heavy (non-hydrogen) atoms. The van der Waals surface area contributed by atoms with Gasteiger partial charge in [0.05, 0.1) is 12.4 Å². The normalized spacial score (nSPS) is 12.5. The Kier molecular flexibility index (Phi) is 3.85. The Labute approximate surface area is 146 Å². The highest BCUT2D eigenvalue weighted by Crippen LogP contribution is 2.24. The van der Waals surface area contributed by atoms with Crippen molar-refractivity contribution in [1.29, 1.82) is 0 Å². The Hall–Kier alpha value is -2.93. The first kappa shape index (κ1) is 15.6. The van der Waals surface area contributed by atoms with Gasteiger partial charge < -0.3 is 9.73 Å². The number of carbonyl (C=O) groups excluding carboxylic acids is 1. The summed E-state index contributed by atoms with van der Waals surface area (Å²) in [6.45, 7) is 1.81. The lowest BCUT2D eigenvalue weighted by atomic mass is 10.2. The molecule has 1 atom stereocenters. The van der Waals surface area contributed by atoms with Crippen molar-refractivity contribution in [1.82, 2.24) is 14.9 Å². The van der Waals surface area contributed by atoms with E-state index in [0.717, 1.165) is 10.3 Å². The summed E-state index contributed by atoms with van der Waals surface area (Å²) in [4.78, 5) is 30.2. The SMILES string of the molecule is CC(NC(=O)Cn1cnc2c(oc3ccccc32)c1=O)c1cccs1. The average molecular weight is 353 g/mol. The van der Waals surface area contributed by atoms with Crippen LogP contribution < -0.4 is 10.9 Å². The van der Waals surface area contributed by atoms with E-state index in [1.807, 2.05) is 42.6 Å². The maximum Gasteiger partial charge on any atom is 0.297 e. The van der Waals surface area contributed by atoms with E-state index >= 15 is 0 Å². The molecule has 1 aromatic carbocycles. The van der Waals surface area contributed by atoms with E-state index in [1.165, 1.54) is 10.9 Å². The van der Waals surface area contributed by atoms with Gasteiger partial charge in [0, 0.05) is 10.3 Å². The number of thiophene rings is 1. The fourth-order valence-corrected chi connectivity index (χ4v) is 3.51. The highest BCUT2D eigenvalue weighted by Gasteiger charge is 2.16. The third-order valence-electron chi connectivity index (χ3n) is 4.01. The molecular formula is C18H15N3O3S. The van der Waals surface area contributed by atoms with E-state index in [4.69, 9.17) is 4.42 Å². The van der Waals surface area contributed by atoms with Gasteiger partial charge in [-0.05, 0) is 30.5 Å². The lowest BCUT2D eigenvalue weighted by molar-refractivity contribution is -0.122. The predicted octanol–water partition coefficient (Wildman–Crippen LogP) is 3.08. The monoisotopic (exact) mass is 353 g/mol. The van der Waals surface area contributed by atoms with Gasteiger partial charge in [-0.3, -0.25) is 14.2 Å². The summed E-state index contributed by atoms with van der Waals surface area (Å²) in [5.74, 6) is -0.250. The largest absolute Gasteiger partial charge is 0.448 e. The van der Waals surface area contributed by atoms with Crippen LogP contribution >= 0.6 is 11.3 Å². The molecule has 0 radical (unpaired) electrons. The number of hydrogen-bond donors (Lipinski definition) is 1. The van der Waals surface area contributed by atoms with Crippen molar-refractivity contribution in [2.24, 2.45) is 0 Å². The zero-order valence-electron chi connectivity index (χ0n) is 13.4. The average Bonchev–Trinajstić information content (AvgIpc) is 3.25. The van der Waals surface area contributed by atoms with Crippen molar-refractivity contribution < 1.29 is 9.21 Å². The number of carbonyl (C=O) groups is 1. The molecule has 3 aromatic heterocycles. The summed E-state index contributed by atoms with van der Waals surface area (Å²) < 4.78 is 6.88. The first-order chi connectivity index (χ1) is 12.1. The van der Waals surface area contributed by atoms with Crippen LogP contribution in [-0.4, -0.2) is 15.5 Å². The summed E-state index contributed by atoms with van der Waals surface area (Å²) in [5.41, 5.74) is 0.933. The predicted molar refractivity (Wildman–Crippen MR) is 96.7 cm³/mol. The van der Waals surface area contributed by atoms with Crippen LogP contribution in [0.3, 0.4) is 0 Å². The van der Waals surface area contributed by atoms with E-state index in [-0.39, 0.29) is 29.6 Å². The number of amides is 1. The summed E-state index contributed by atoms with van der Waals surface area (Å²) in [6, 6.07) is 11.1. The Morgan fingerprint density at radius 2 is 2.16 bits per heavy atom. The number of nitrogens with one attached hydrogen (secondary N) is 1. The molecular weight excluding hydrogens is 338 g/mol. The number of hydrogen-bond acceptors (Lipinski definition) is 5. The van der Waals surface area contributed by atoms with Gasteiger partial charge in [0.15, 0.2) is 0 Å². The molecule has 0 aliphatic carbocycles. The van der Waals surface area contributed by atoms with Gasteiger partial charge in [0.2, 0.25) is 11.5 Å². The molecule has 6 nitrogen and oxygen atoms in total. The topological polar surface area (TPSA) is 77.1 Å². The van der Waals surface area contributed by atoms with Crippen molar-refractivity contribution in [2.45, 2.75) is 19.5 Å². The van der Waals surface area contributed by atoms with Crippen LogP contribution in [-0.2, 0) is 11.3 Å². The first-order valence-electron chi connectivity index (χ1n) is 7.83. The van der Waals surface area contributed by atoms with Gasteiger partial charge in [-0.2, -0.15) is 0 Å². The molecule has 0 fully saturated rings. The van der Waals surface area contributed by atoms with Crippen LogP contribution in [0.25, 0.3) is 22.1 Å². The second-order valence-electron chi connectivity index (χ2n) is 5.76. The fourth-order valence-electron chi connectivity index (χ4n) is 2.78. The molecule has 0 spiro atoms. The van der Waals surface area contributed by atoms with Gasteiger partial charge >= 0.3 is 0 Å². The Bertz CT molecular complexity index is 1110. The third kappa shape index (κ3) is 2.83. The van der Waals surface area contributed by atoms with Crippen molar-refractivity contribution in [3.63, 3.8) is 0 Å². The lowest BCUT2D eigenvalue weighted by Gasteiger charge is -2.12. The quantitative estimate of drug-likeness (QED) is 0.612. The van der Waals surface area contributed by atoms with Crippen molar-refractivity contribution >= 4 is 39.3 Å². The van der Waals surface area contributed by atoms with Gasteiger partial charge in [-0.25, -0.2) is 4.98 Å². The van der Waals surface area contributed by atoms with Crippen LogP contribution in [0.1, 0.15) is 17.8 Å². The molecule has 1 unspecified atom stereocenters. The van der Waals surface area contributed by atoms with Crippen LogP contribution in [0, 0.1) is 0 Å². The fraction of sp³-hybridized carbons (Fsp3) is 0.167. The number of para-hydroxylation sites is 1. The molecule has 1 N–H and O–H groups in total. The zero-order chi connectivity index (χ0) is 17.4. The molecule has 1 amide bonds. The van der Waals surface area contributed by atoms with Crippen molar-refractivity contribution in [2.75, 3.05) is 0 Å². The van der Waals surface area contributed by atoms with E-state index in [2.05, 4.69) is 10.3 Å². The minimum absolute atomic E-state index is 0.103. The molecule has 0 saturated carbocycles. The third-order valence-corrected chi connectivity index (χ3v) is 5.07. The van der Waals surface area contributed by atoms with Gasteiger partial charge in [-0.15, -0.1) is 11.3 Å². The van der Waals surface area contributed by atoms with E-state index < -0.39 is 0 Å². The molecule has 4 aromatic rings. The second-order valence-corrected chi connectivity index (χ2v) is 6.74. The zero-order valence-corrected chi connectivity index (χ0v) is 14.2. The number of fused-ring (bicyclic) bond motifs is 3. The maximum atomic E-state index is 12.6. The van der Waals surface area contributed by atoms with Gasteiger partial charge in [-0.1, -0.05) is 18.2 Å². The van der Waals surface area contributed by atoms with Gasteiger partial charge in [0.1, 0.15) is 17.6 Å². The Morgan fingerprint density at radius 3 is 2.96 bits per heavy atom. The smallest absolute Gasteiger partial charge is 0.297 e. The number of nitrogens with zero attached hydrogens (tertiary/aromatic N) is 2. The first-order valence-corrected chi connectivity index (χ1v) is 8.71. The molecule has 4 rings (SSSR count). The Morgan fingerprint density at radius 1 is 1.32 bits per heavy atom. The summed E-state index contributed by atoms with van der Waals surface area (Å²) >= 11 is 1.58. The Balaban J connectivity index is 1.61. The molecule has 0 aliphatic rings. The standard InChI is InChI=1S/C18H15N3O3S/c1-11(14-7-4-8-25-14)20-15(22)9-21-10-19-16-12-5-2-3-6-13(12)24-17(16)18(21)23/h2-8,10-11H,9H2,1H3,(H,20,22). The van der Waals surface area contributed by atoms with Crippen molar-refractivity contribution in [3.8, 4) is 0 Å². The van der Waals surface area contributed by atoms with Crippen LogP contribution in [0.15, 0.2) is 57.3 Å². The minimum atomic E-state index is -0.361. The second kappa shape index (κ2) is 6.18. The summed E-state index contributed by atoms with van der Waals surface area (Å²) in [7, 11) is 0. The highest BCUT2D eigenvalue weighted by atomic mass is 32.1. The number of aromatic nitrogens is 2. The molecule has 0 aliphatic heterocycles. The molecule has 126 valence electrons. The van der Waals surface area contributed by atoms with Crippen LogP contribution in [0.4, 0.5) is 0 Å². The van der Waals surface area contributed by atoms with E-state index in [0.29, 0.717) is 11.1 Å². The lowest BCUT2D eigenvalue weighted by Crippen LogP contribution is -2.33. The summed E-state index contributed by atoms with van der Waals surface area (Å²) in [6.07, 6.45) is 1.39. The molecule has 0 bridgehead atoms. The van der Waals surface area contributed by atoms with Crippen LogP contribution in [0.5, 0.6) is 0 Å². The summed E-state index contributed by atoms with van der Waals surface area (Å²) in [5, 5.41) is 5.64. The van der Waals surface area contributed by atoms with E-state index in [1.54, 1.807) is 17.4 Å². The molecule has 3 heterocycles. The highest BCUT2D eigenvalue weighted by molar-refractivity contribution is 7.10. The maximum absolute atomic E-state index is 12.6.